The quantitative estimate of drug-likeness (QED) is 0.714. The summed E-state index contributed by atoms with van der Waals surface area (Å²) in [4.78, 5) is 23.4. The van der Waals surface area contributed by atoms with Crippen LogP contribution in [0.3, 0.4) is 0 Å². The van der Waals surface area contributed by atoms with Crippen LogP contribution in [0.4, 0.5) is 0 Å². The van der Waals surface area contributed by atoms with Gasteiger partial charge in [0.25, 0.3) is 0 Å². The number of hydrogen-bond acceptors (Lipinski definition) is 2. The van der Waals surface area contributed by atoms with Crippen LogP contribution < -0.4 is 11.1 Å². The zero-order valence-corrected chi connectivity index (χ0v) is 11.4. The van der Waals surface area contributed by atoms with E-state index in [9.17, 15) is 9.59 Å². The van der Waals surface area contributed by atoms with Crippen LogP contribution in [-0.4, -0.2) is 18.9 Å². The van der Waals surface area contributed by atoms with E-state index in [1.165, 1.54) is 0 Å². The van der Waals surface area contributed by atoms with Gasteiger partial charge in [0.1, 0.15) is 0 Å². The highest BCUT2D eigenvalue weighted by molar-refractivity contribution is 5.87. The van der Waals surface area contributed by atoms with Crippen molar-refractivity contribution in [2.45, 2.75) is 34.1 Å². The number of rotatable bonds is 5. The Bertz CT molecular complexity index is 303. The minimum absolute atomic E-state index is 0.134. The molecule has 0 rings (SSSR count). The molecule has 0 aromatic rings. The van der Waals surface area contributed by atoms with Gasteiger partial charge >= 0.3 is 0 Å². The monoisotopic (exact) mass is 240 g/mol. The van der Waals surface area contributed by atoms with Crippen molar-refractivity contribution < 1.29 is 9.59 Å². The van der Waals surface area contributed by atoms with Crippen LogP contribution in [-0.2, 0) is 9.59 Å². The van der Waals surface area contributed by atoms with E-state index in [2.05, 4.69) is 5.32 Å². The number of nitrogens with two attached hydrogens (primary N) is 1. The molecule has 4 heteroatoms. The average Bonchev–Trinajstić information content (AvgIpc) is 2.20. The van der Waals surface area contributed by atoms with Crippen molar-refractivity contribution in [1.82, 2.24) is 5.32 Å². The predicted molar refractivity (Wildman–Crippen MR) is 69.1 cm³/mol. The van der Waals surface area contributed by atoms with Gasteiger partial charge in [0.2, 0.25) is 11.8 Å². The van der Waals surface area contributed by atoms with E-state index in [4.69, 9.17) is 5.73 Å². The highest BCUT2D eigenvalue weighted by Crippen LogP contribution is 2.34. The van der Waals surface area contributed by atoms with Gasteiger partial charge < -0.3 is 11.1 Å². The molecule has 0 bridgehead atoms. The Kier molecular flexibility index (Phi) is 5.93. The van der Waals surface area contributed by atoms with Gasteiger partial charge in [-0.25, -0.2) is 0 Å². The maximum Gasteiger partial charge on any atom is 0.224 e. The molecule has 1 unspecified atom stereocenters. The first-order valence-electron chi connectivity index (χ1n) is 5.87. The van der Waals surface area contributed by atoms with Crippen LogP contribution >= 0.6 is 0 Å². The number of carbonyl (C=O) groups excluding carboxylic acids is 2. The van der Waals surface area contributed by atoms with E-state index in [1.807, 2.05) is 39.8 Å². The molecular weight excluding hydrogens is 216 g/mol. The van der Waals surface area contributed by atoms with Gasteiger partial charge in [0, 0.05) is 7.05 Å². The first-order chi connectivity index (χ1) is 7.75. The largest absolute Gasteiger partial charge is 0.369 e. The van der Waals surface area contributed by atoms with E-state index in [-0.39, 0.29) is 11.3 Å². The van der Waals surface area contributed by atoms with Gasteiger partial charge in [-0.3, -0.25) is 9.59 Å². The summed E-state index contributed by atoms with van der Waals surface area (Å²) in [6, 6.07) is 0. The summed E-state index contributed by atoms with van der Waals surface area (Å²) in [6.07, 6.45) is 4.23. The molecule has 0 aliphatic rings. The molecule has 17 heavy (non-hydrogen) atoms. The Balaban J connectivity index is 5.22. The minimum Gasteiger partial charge on any atom is -0.369 e. The van der Waals surface area contributed by atoms with Gasteiger partial charge in [0.15, 0.2) is 0 Å². The number of carbonyl (C=O) groups is 2. The van der Waals surface area contributed by atoms with Gasteiger partial charge in [-0.15, -0.1) is 0 Å². The summed E-state index contributed by atoms with van der Waals surface area (Å²) >= 11 is 0. The molecular formula is C13H24N2O2. The molecule has 3 N–H and O–H groups in total. The molecule has 0 saturated carbocycles. The van der Waals surface area contributed by atoms with E-state index in [0.29, 0.717) is 6.42 Å². The highest BCUT2D eigenvalue weighted by atomic mass is 16.2. The normalized spacial score (nSPS) is 15.6. The number of allylic oxidation sites excluding steroid dienone is 2. The molecule has 0 radical (unpaired) electrons. The van der Waals surface area contributed by atoms with Crippen LogP contribution in [0.5, 0.6) is 0 Å². The molecule has 98 valence electrons. The molecule has 0 aromatic carbocycles. The third kappa shape index (κ3) is 4.59. The predicted octanol–water partition coefficient (Wildman–Crippen LogP) is 1.46. The Hall–Kier alpha value is -1.32. The van der Waals surface area contributed by atoms with Crippen LogP contribution in [0.15, 0.2) is 12.2 Å². The molecule has 0 fully saturated rings. The Morgan fingerprint density at radius 2 is 1.88 bits per heavy atom. The lowest BCUT2D eigenvalue weighted by Crippen LogP contribution is -2.45. The third-order valence-corrected chi connectivity index (χ3v) is 2.86. The molecule has 0 aliphatic heterocycles. The second-order valence-electron chi connectivity index (χ2n) is 5.27. The topological polar surface area (TPSA) is 72.2 Å². The summed E-state index contributed by atoms with van der Waals surface area (Å²) in [5, 5.41) is 2.61. The van der Waals surface area contributed by atoms with Crippen molar-refractivity contribution in [2.24, 2.45) is 23.0 Å². The average molecular weight is 240 g/mol. The molecule has 0 saturated heterocycles. The van der Waals surface area contributed by atoms with Crippen LogP contribution in [0.2, 0.25) is 0 Å². The van der Waals surface area contributed by atoms with Crippen LogP contribution in [0, 0.1) is 17.3 Å². The fourth-order valence-electron chi connectivity index (χ4n) is 2.03. The molecule has 0 spiro atoms. The number of hydrogen-bond donors (Lipinski definition) is 2. The SMILES string of the molecule is C/C=C/C[C@H](C(N)=O)C(C(=O)NC)C(C)(C)C. The van der Waals surface area contributed by atoms with Gasteiger partial charge in [-0.05, 0) is 18.8 Å². The van der Waals surface area contributed by atoms with Crippen molar-refractivity contribution in [3.8, 4) is 0 Å². The molecule has 4 nitrogen and oxygen atoms in total. The van der Waals surface area contributed by atoms with E-state index in [0.717, 1.165) is 0 Å². The molecule has 0 aromatic heterocycles. The number of amides is 2. The Morgan fingerprint density at radius 3 is 2.18 bits per heavy atom. The van der Waals surface area contributed by atoms with E-state index in [1.54, 1.807) is 7.05 Å². The van der Waals surface area contributed by atoms with Crippen molar-refractivity contribution in [2.75, 3.05) is 7.05 Å². The second kappa shape index (κ2) is 6.42. The summed E-state index contributed by atoms with van der Waals surface area (Å²) in [7, 11) is 1.58. The zero-order chi connectivity index (χ0) is 13.6. The number of primary amides is 1. The first kappa shape index (κ1) is 15.7. The van der Waals surface area contributed by atoms with E-state index >= 15 is 0 Å². The van der Waals surface area contributed by atoms with Gasteiger partial charge in [-0.1, -0.05) is 32.9 Å². The summed E-state index contributed by atoms with van der Waals surface area (Å²) in [5.74, 6) is -1.44. The standard InChI is InChI=1S/C13H24N2O2/c1-6-7-8-9(11(14)16)10(12(17)15-5)13(2,3)4/h6-7,9-10H,8H2,1-5H3,(H2,14,16)(H,15,17)/b7-6+/t9-,10?/m0/s1. The lowest BCUT2D eigenvalue weighted by molar-refractivity contribution is -0.137. The zero-order valence-electron chi connectivity index (χ0n) is 11.4. The van der Waals surface area contributed by atoms with Crippen molar-refractivity contribution in [3.63, 3.8) is 0 Å². The Morgan fingerprint density at radius 1 is 1.35 bits per heavy atom. The van der Waals surface area contributed by atoms with Gasteiger partial charge in [-0.2, -0.15) is 0 Å². The molecule has 0 aliphatic carbocycles. The minimum atomic E-state index is -0.467. The lowest BCUT2D eigenvalue weighted by Gasteiger charge is -2.33. The number of nitrogens with one attached hydrogen (secondary N) is 1. The summed E-state index contributed by atoms with van der Waals surface area (Å²) in [6.45, 7) is 7.71. The fourth-order valence-corrected chi connectivity index (χ4v) is 2.03. The maximum absolute atomic E-state index is 11.9. The van der Waals surface area contributed by atoms with Crippen molar-refractivity contribution >= 4 is 11.8 Å². The third-order valence-electron chi connectivity index (χ3n) is 2.86. The molecule has 2 atom stereocenters. The smallest absolute Gasteiger partial charge is 0.224 e. The first-order valence-corrected chi connectivity index (χ1v) is 5.87. The Labute approximate surface area is 104 Å². The summed E-state index contributed by atoms with van der Waals surface area (Å²) in [5.41, 5.74) is 5.11. The van der Waals surface area contributed by atoms with E-state index < -0.39 is 17.7 Å². The second-order valence-corrected chi connectivity index (χ2v) is 5.27. The van der Waals surface area contributed by atoms with Gasteiger partial charge in [0.05, 0.1) is 11.8 Å². The van der Waals surface area contributed by atoms with Crippen LogP contribution in [0.1, 0.15) is 34.1 Å². The highest BCUT2D eigenvalue weighted by Gasteiger charge is 2.39. The van der Waals surface area contributed by atoms with Crippen molar-refractivity contribution in [1.29, 1.82) is 0 Å². The van der Waals surface area contributed by atoms with Crippen LogP contribution in [0.25, 0.3) is 0 Å². The summed E-state index contributed by atoms with van der Waals surface area (Å²) < 4.78 is 0. The molecule has 2 amide bonds. The molecule has 0 heterocycles. The lowest BCUT2D eigenvalue weighted by atomic mass is 9.71. The maximum atomic E-state index is 11.9. The van der Waals surface area contributed by atoms with Crippen molar-refractivity contribution in [3.05, 3.63) is 12.2 Å². The fraction of sp³-hybridized carbons (Fsp3) is 0.692.